The van der Waals surface area contributed by atoms with Crippen LogP contribution in [0.4, 0.5) is 0 Å². The Labute approximate surface area is 189 Å². The van der Waals surface area contributed by atoms with Crippen molar-refractivity contribution < 1.29 is 44.1 Å². The van der Waals surface area contributed by atoms with Crippen molar-refractivity contribution in [3.05, 3.63) is 0 Å². The molecule has 33 heavy (non-hydrogen) atoms. The molecule has 188 valence electrons. The molecule has 0 radical (unpaired) electrons. The maximum Gasteiger partial charge on any atom is 0.328 e. The lowest BCUT2D eigenvalue weighted by atomic mass is 10.1. The number of hydrogen-bond donors (Lipinski definition) is 9. The van der Waals surface area contributed by atoms with Crippen molar-refractivity contribution in [1.29, 1.82) is 0 Å². The fourth-order valence-electron chi connectivity index (χ4n) is 2.63. The molecule has 0 aliphatic heterocycles. The number of aliphatic hydroxyl groups is 1. The number of carboxylic acid groups (broad SMARTS) is 2. The van der Waals surface area contributed by atoms with Gasteiger partial charge in [-0.05, 0) is 26.3 Å². The molecule has 0 saturated heterocycles. The number of hydrogen-bond acceptors (Lipinski definition) is 9. The monoisotopic (exact) mass is 476 g/mol. The van der Waals surface area contributed by atoms with Crippen molar-refractivity contribution in [2.24, 2.45) is 17.2 Å². The van der Waals surface area contributed by atoms with Crippen LogP contribution in [0.3, 0.4) is 0 Å². The Morgan fingerprint density at radius 2 is 1.36 bits per heavy atom. The zero-order valence-electron chi connectivity index (χ0n) is 18.2. The molecule has 15 heteroatoms. The maximum absolute atomic E-state index is 12.6. The first-order valence-electron chi connectivity index (χ1n) is 10.1. The van der Waals surface area contributed by atoms with Gasteiger partial charge in [-0.2, -0.15) is 0 Å². The number of nitrogens with one attached hydrogen (secondary N) is 3. The molecular formula is C18H32N6O9. The molecule has 0 saturated carbocycles. The minimum Gasteiger partial charge on any atom is -0.481 e. The summed E-state index contributed by atoms with van der Waals surface area (Å²) in [5.74, 6) is -7.21. The standard InChI is InChI=1S/C18H32N6O9/c1-8(25)14(18(32)33)24-17(31)10(6-12(21)26)23-16(30)11(7-13(27)28)22-15(29)9(20)4-2-3-5-19/h8-11,14,25H,2-7,19-20H2,1H3,(H2,21,26)(H,22,29)(H,23,30)(H,24,31)(H,27,28)(H,32,33). The van der Waals surface area contributed by atoms with E-state index in [-0.39, 0.29) is 6.42 Å². The number of carboxylic acids is 2. The Balaban J connectivity index is 5.45. The number of primary amides is 1. The molecule has 0 rings (SSSR count). The Morgan fingerprint density at radius 3 is 1.82 bits per heavy atom. The van der Waals surface area contributed by atoms with Crippen molar-refractivity contribution >= 4 is 35.6 Å². The van der Waals surface area contributed by atoms with Gasteiger partial charge < -0.3 is 48.5 Å². The topological polar surface area (TPSA) is 277 Å². The van der Waals surface area contributed by atoms with E-state index in [1.54, 1.807) is 0 Å². The third-order valence-electron chi connectivity index (χ3n) is 4.40. The second-order valence-corrected chi connectivity index (χ2v) is 7.35. The van der Waals surface area contributed by atoms with Crippen molar-refractivity contribution in [3.8, 4) is 0 Å². The van der Waals surface area contributed by atoms with Crippen molar-refractivity contribution in [2.45, 2.75) is 69.3 Å². The molecule has 0 spiro atoms. The molecule has 0 aliphatic rings. The highest BCUT2D eigenvalue weighted by Gasteiger charge is 2.33. The summed E-state index contributed by atoms with van der Waals surface area (Å²) >= 11 is 0. The number of aliphatic hydroxyl groups excluding tert-OH is 1. The molecule has 5 unspecified atom stereocenters. The summed E-state index contributed by atoms with van der Waals surface area (Å²) in [6.45, 7) is 1.48. The summed E-state index contributed by atoms with van der Waals surface area (Å²) in [7, 11) is 0. The zero-order valence-corrected chi connectivity index (χ0v) is 18.2. The number of carbonyl (C=O) groups excluding carboxylic acids is 4. The van der Waals surface area contributed by atoms with Gasteiger partial charge in [0.25, 0.3) is 0 Å². The lowest BCUT2D eigenvalue weighted by Crippen LogP contribution is -2.59. The van der Waals surface area contributed by atoms with E-state index in [4.69, 9.17) is 27.4 Å². The molecule has 0 bridgehead atoms. The maximum atomic E-state index is 12.6. The minimum atomic E-state index is -1.76. The minimum absolute atomic E-state index is 0.229. The average molecular weight is 476 g/mol. The average Bonchev–Trinajstić information content (AvgIpc) is 2.69. The highest BCUT2D eigenvalue weighted by Crippen LogP contribution is 2.03. The Hall–Kier alpha value is -3.30. The number of nitrogens with two attached hydrogens (primary N) is 3. The first kappa shape index (κ1) is 29.7. The lowest BCUT2D eigenvalue weighted by Gasteiger charge is -2.24. The van der Waals surface area contributed by atoms with Gasteiger partial charge in [-0.1, -0.05) is 6.42 Å². The van der Waals surface area contributed by atoms with Crippen molar-refractivity contribution in [3.63, 3.8) is 0 Å². The van der Waals surface area contributed by atoms with Crippen LogP contribution in [0, 0.1) is 0 Å². The van der Waals surface area contributed by atoms with Gasteiger partial charge >= 0.3 is 11.9 Å². The molecule has 0 aromatic carbocycles. The number of rotatable bonds is 16. The van der Waals surface area contributed by atoms with E-state index in [1.807, 2.05) is 5.32 Å². The van der Waals surface area contributed by atoms with E-state index in [2.05, 4.69) is 10.6 Å². The van der Waals surface area contributed by atoms with E-state index in [1.165, 1.54) is 0 Å². The van der Waals surface area contributed by atoms with Gasteiger partial charge in [0.1, 0.15) is 12.1 Å². The molecule has 5 atom stereocenters. The van der Waals surface area contributed by atoms with Crippen molar-refractivity contribution in [2.75, 3.05) is 6.54 Å². The summed E-state index contributed by atoms with van der Waals surface area (Å²) in [6.07, 6.45) is -1.80. The largest absolute Gasteiger partial charge is 0.481 e. The molecule has 12 N–H and O–H groups in total. The van der Waals surface area contributed by atoms with Gasteiger partial charge in [0.15, 0.2) is 6.04 Å². The molecule has 4 amide bonds. The van der Waals surface area contributed by atoms with Gasteiger partial charge in [0.2, 0.25) is 23.6 Å². The summed E-state index contributed by atoms with van der Waals surface area (Å²) < 4.78 is 0. The Morgan fingerprint density at radius 1 is 0.848 bits per heavy atom. The van der Waals surface area contributed by atoms with Gasteiger partial charge in [-0.3, -0.25) is 24.0 Å². The van der Waals surface area contributed by atoms with Crippen LogP contribution in [0.1, 0.15) is 39.0 Å². The van der Waals surface area contributed by atoms with E-state index in [0.717, 1.165) is 6.92 Å². The second kappa shape index (κ2) is 14.7. The van der Waals surface area contributed by atoms with E-state index in [9.17, 15) is 33.9 Å². The Bertz CT molecular complexity index is 730. The van der Waals surface area contributed by atoms with Crippen LogP contribution >= 0.6 is 0 Å². The molecule has 15 nitrogen and oxygen atoms in total. The summed E-state index contributed by atoms with van der Waals surface area (Å²) in [5, 5.41) is 33.8. The van der Waals surface area contributed by atoms with Gasteiger partial charge in [-0.25, -0.2) is 4.79 Å². The van der Waals surface area contributed by atoms with Crippen LogP contribution in [0.5, 0.6) is 0 Å². The number of amides is 4. The predicted molar refractivity (Wildman–Crippen MR) is 112 cm³/mol. The van der Waals surface area contributed by atoms with Gasteiger partial charge in [0, 0.05) is 0 Å². The van der Waals surface area contributed by atoms with Crippen LogP contribution in [0.25, 0.3) is 0 Å². The number of carbonyl (C=O) groups is 6. The Kier molecular flexibility index (Phi) is 13.2. The van der Waals surface area contributed by atoms with E-state index in [0.29, 0.717) is 19.4 Å². The predicted octanol–water partition coefficient (Wildman–Crippen LogP) is -4.29. The van der Waals surface area contributed by atoms with Crippen LogP contribution < -0.4 is 33.2 Å². The van der Waals surface area contributed by atoms with Gasteiger partial charge in [-0.15, -0.1) is 0 Å². The number of unbranched alkanes of at least 4 members (excludes halogenated alkanes) is 1. The summed E-state index contributed by atoms with van der Waals surface area (Å²) in [4.78, 5) is 70.9. The SMILES string of the molecule is CC(O)C(NC(=O)C(CC(N)=O)NC(=O)C(CC(=O)O)NC(=O)C(N)CCCCN)C(=O)O. The van der Waals surface area contributed by atoms with Crippen LogP contribution in [0.2, 0.25) is 0 Å². The molecular weight excluding hydrogens is 444 g/mol. The van der Waals surface area contributed by atoms with Crippen LogP contribution in [0.15, 0.2) is 0 Å². The molecule has 0 aromatic rings. The fraction of sp³-hybridized carbons (Fsp3) is 0.667. The van der Waals surface area contributed by atoms with E-state index < -0.39 is 78.7 Å². The van der Waals surface area contributed by atoms with Crippen molar-refractivity contribution in [1.82, 2.24) is 16.0 Å². The third kappa shape index (κ3) is 11.8. The van der Waals surface area contributed by atoms with Crippen LogP contribution in [-0.2, 0) is 28.8 Å². The third-order valence-corrected chi connectivity index (χ3v) is 4.40. The molecule has 0 aliphatic carbocycles. The first-order chi connectivity index (χ1) is 15.3. The zero-order chi connectivity index (χ0) is 25.7. The second-order valence-electron chi connectivity index (χ2n) is 7.35. The molecule has 0 aromatic heterocycles. The highest BCUT2D eigenvalue weighted by molar-refractivity contribution is 5.97. The number of aliphatic carboxylic acids is 2. The quantitative estimate of drug-likeness (QED) is 0.0960. The lowest BCUT2D eigenvalue weighted by molar-refractivity contribution is -0.145. The molecule has 0 heterocycles. The van der Waals surface area contributed by atoms with E-state index >= 15 is 0 Å². The molecule has 0 fully saturated rings. The fourth-order valence-corrected chi connectivity index (χ4v) is 2.63. The smallest absolute Gasteiger partial charge is 0.328 e. The first-order valence-corrected chi connectivity index (χ1v) is 10.1. The summed E-state index contributed by atoms with van der Waals surface area (Å²) in [5.41, 5.74) is 16.2. The normalized spacial score (nSPS) is 15.3. The summed E-state index contributed by atoms with van der Waals surface area (Å²) in [6, 6.07) is -6.17. The highest BCUT2D eigenvalue weighted by atomic mass is 16.4. The van der Waals surface area contributed by atoms with Gasteiger partial charge in [0.05, 0.1) is 25.0 Å². The van der Waals surface area contributed by atoms with Crippen LogP contribution in [-0.4, -0.2) is 87.7 Å².